The Balaban J connectivity index is 1.87. The zero-order chi connectivity index (χ0) is 33.0. The molecule has 6 nitrogen and oxygen atoms in total. The summed E-state index contributed by atoms with van der Waals surface area (Å²) in [7, 11) is 0. The van der Waals surface area contributed by atoms with E-state index in [4.69, 9.17) is 14.3 Å². The van der Waals surface area contributed by atoms with Gasteiger partial charge in [-0.1, -0.05) is 93.9 Å². The van der Waals surface area contributed by atoms with E-state index in [1.54, 1.807) is 0 Å². The van der Waals surface area contributed by atoms with Crippen LogP contribution in [0.4, 0.5) is 0 Å². The molecule has 0 saturated carbocycles. The molecule has 0 amide bonds. The molecule has 6 heteroatoms. The van der Waals surface area contributed by atoms with Gasteiger partial charge in [-0.05, 0) is 71.8 Å². The summed E-state index contributed by atoms with van der Waals surface area (Å²) in [6.45, 7) is 16.2. The topological polar surface area (TPSA) is 65.1 Å². The summed E-state index contributed by atoms with van der Waals surface area (Å²) in [5, 5.41) is 2.05. The zero-order valence-electron chi connectivity index (χ0n) is 29.0. The maximum absolute atomic E-state index is 12.7. The molecule has 0 spiro atoms. The molecule has 45 heavy (non-hydrogen) atoms. The molecule has 0 bridgehead atoms. The third-order valence-electron chi connectivity index (χ3n) is 8.73. The summed E-state index contributed by atoms with van der Waals surface area (Å²) in [4.78, 5) is 32.1. The standard InChI is InChI=1S/C39H63NO5/c1-7-9-11-13-15-17-19-24-28-36(41)43-32-35(33-26-22-21-23-27-33)45-40-38(3,4)30-34(31-39(40,5)6)44-37(42)29-25-20-18-16-14-12-10-8-2/h7-8,21-23,26-27,34-35H,1-2,9-20,24-25,28-32H2,3-6H3. The minimum atomic E-state index is -0.436. The first kappa shape index (κ1) is 38.7. The average Bonchev–Trinajstić information content (AvgIpc) is 2.99. The van der Waals surface area contributed by atoms with Crippen molar-refractivity contribution in [3.63, 3.8) is 0 Å². The lowest BCUT2D eigenvalue weighted by atomic mass is 9.80. The van der Waals surface area contributed by atoms with E-state index in [9.17, 15) is 9.59 Å². The second-order valence-electron chi connectivity index (χ2n) is 14.0. The number of hydroxylamine groups is 2. The Morgan fingerprint density at radius 2 is 1.22 bits per heavy atom. The highest BCUT2D eigenvalue weighted by molar-refractivity contribution is 5.69. The van der Waals surface area contributed by atoms with Gasteiger partial charge in [0.25, 0.3) is 0 Å². The van der Waals surface area contributed by atoms with Crippen molar-refractivity contribution in [1.29, 1.82) is 0 Å². The van der Waals surface area contributed by atoms with Crippen LogP contribution in [0.3, 0.4) is 0 Å². The summed E-state index contributed by atoms with van der Waals surface area (Å²) < 4.78 is 11.8. The molecule has 0 aliphatic carbocycles. The van der Waals surface area contributed by atoms with E-state index in [0.717, 1.165) is 56.9 Å². The fourth-order valence-corrected chi connectivity index (χ4v) is 6.54. The van der Waals surface area contributed by atoms with Gasteiger partial charge >= 0.3 is 11.9 Å². The number of carbonyl (C=O) groups excluding carboxylic acids is 2. The van der Waals surface area contributed by atoms with Gasteiger partial charge in [0.15, 0.2) is 0 Å². The molecule has 1 heterocycles. The summed E-state index contributed by atoms with van der Waals surface area (Å²) in [5.74, 6) is -0.280. The predicted molar refractivity (Wildman–Crippen MR) is 185 cm³/mol. The molecular formula is C39H63NO5. The smallest absolute Gasteiger partial charge is 0.306 e. The number of hydrogen-bond acceptors (Lipinski definition) is 6. The maximum atomic E-state index is 12.7. The Bertz CT molecular complexity index is 970. The normalized spacial score (nSPS) is 17.0. The summed E-state index contributed by atoms with van der Waals surface area (Å²) in [6.07, 6.45) is 21.1. The third-order valence-corrected chi connectivity index (χ3v) is 8.73. The highest BCUT2D eigenvalue weighted by Crippen LogP contribution is 2.42. The molecule has 1 aliphatic heterocycles. The number of rotatable bonds is 24. The van der Waals surface area contributed by atoms with Crippen LogP contribution in [0.25, 0.3) is 0 Å². The fourth-order valence-electron chi connectivity index (χ4n) is 6.54. The van der Waals surface area contributed by atoms with Gasteiger partial charge in [-0.3, -0.25) is 14.4 Å². The molecule has 1 saturated heterocycles. The Kier molecular flexibility index (Phi) is 18.4. The Morgan fingerprint density at radius 3 is 1.73 bits per heavy atom. The van der Waals surface area contributed by atoms with Crippen LogP contribution in [0, 0.1) is 0 Å². The van der Waals surface area contributed by atoms with E-state index < -0.39 is 17.2 Å². The van der Waals surface area contributed by atoms with Crippen LogP contribution >= 0.6 is 0 Å². The van der Waals surface area contributed by atoms with Crippen molar-refractivity contribution < 1.29 is 23.9 Å². The van der Waals surface area contributed by atoms with Crippen molar-refractivity contribution in [2.45, 2.75) is 167 Å². The van der Waals surface area contributed by atoms with Gasteiger partial charge in [-0.25, -0.2) is 0 Å². The number of carbonyl (C=O) groups is 2. The van der Waals surface area contributed by atoms with Crippen LogP contribution in [0.2, 0.25) is 0 Å². The maximum Gasteiger partial charge on any atom is 0.306 e. The number of hydrogen-bond donors (Lipinski definition) is 0. The number of benzene rings is 1. The van der Waals surface area contributed by atoms with Crippen LogP contribution in [0.1, 0.15) is 155 Å². The highest BCUT2D eigenvalue weighted by Gasteiger charge is 2.48. The van der Waals surface area contributed by atoms with Crippen molar-refractivity contribution in [1.82, 2.24) is 5.06 Å². The summed E-state index contributed by atoms with van der Waals surface area (Å²) in [6, 6.07) is 9.96. The van der Waals surface area contributed by atoms with E-state index in [-0.39, 0.29) is 24.6 Å². The minimum Gasteiger partial charge on any atom is -0.462 e. The molecule has 0 radical (unpaired) electrons. The lowest BCUT2D eigenvalue weighted by Gasteiger charge is -2.54. The first-order valence-corrected chi connectivity index (χ1v) is 17.7. The predicted octanol–water partition coefficient (Wildman–Crippen LogP) is 10.4. The second-order valence-corrected chi connectivity index (χ2v) is 14.0. The lowest BCUT2D eigenvalue weighted by molar-refractivity contribution is -0.321. The van der Waals surface area contributed by atoms with Gasteiger partial charge in [0.2, 0.25) is 0 Å². The van der Waals surface area contributed by atoms with E-state index in [0.29, 0.717) is 25.7 Å². The largest absolute Gasteiger partial charge is 0.462 e. The van der Waals surface area contributed by atoms with Crippen LogP contribution in [-0.4, -0.2) is 40.8 Å². The number of esters is 2. The molecule has 1 fully saturated rings. The van der Waals surface area contributed by atoms with Gasteiger partial charge in [0.1, 0.15) is 18.8 Å². The monoisotopic (exact) mass is 625 g/mol. The fraction of sp³-hybridized carbons (Fsp3) is 0.692. The molecule has 0 N–H and O–H groups in total. The van der Waals surface area contributed by atoms with Gasteiger partial charge in [-0.2, -0.15) is 5.06 Å². The second kappa shape index (κ2) is 21.4. The molecule has 1 aromatic rings. The van der Waals surface area contributed by atoms with Gasteiger partial charge in [-0.15, -0.1) is 13.2 Å². The van der Waals surface area contributed by atoms with Crippen LogP contribution in [0.15, 0.2) is 55.6 Å². The first-order valence-electron chi connectivity index (χ1n) is 17.7. The zero-order valence-corrected chi connectivity index (χ0v) is 29.0. The molecule has 1 atom stereocenters. The molecule has 2 rings (SSSR count). The highest BCUT2D eigenvalue weighted by atomic mass is 16.7. The summed E-state index contributed by atoms with van der Waals surface area (Å²) in [5.41, 5.74) is 0.160. The number of nitrogens with zero attached hydrogens (tertiary/aromatic N) is 1. The lowest BCUT2D eigenvalue weighted by Crippen LogP contribution is -2.62. The van der Waals surface area contributed by atoms with Crippen LogP contribution in [-0.2, 0) is 23.9 Å². The quantitative estimate of drug-likeness (QED) is 0.0647. The Labute approximate surface area is 274 Å². The van der Waals surface area contributed by atoms with Gasteiger partial charge in [0, 0.05) is 36.8 Å². The van der Waals surface area contributed by atoms with E-state index in [2.05, 4.69) is 45.9 Å². The average molecular weight is 626 g/mol. The molecule has 0 aromatic heterocycles. The minimum absolute atomic E-state index is 0.102. The van der Waals surface area contributed by atoms with E-state index >= 15 is 0 Å². The van der Waals surface area contributed by atoms with Crippen molar-refractivity contribution in [3.05, 3.63) is 61.2 Å². The first-order chi connectivity index (χ1) is 21.6. The van der Waals surface area contributed by atoms with E-state index in [1.807, 2.05) is 42.5 Å². The number of allylic oxidation sites excluding steroid dienone is 2. The van der Waals surface area contributed by atoms with Crippen molar-refractivity contribution in [2.24, 2.45) is 0 Å². The van der Waals surface area contributed by atoms with Gasteiger partial charge in [0.05, 0.1) is 0 Å². The van der Waals surface area contributed by atoms with E-state index in [1.165, 1.54) is 38.5 Å². The SMILES string of the molecule is C=CCCCCCCCCC(=O)OCC(ON1C(C)(C)CC(OC(=O)CCCCCCCCC=C)CC1(C)C)c1ccccc1. The molecule has 254 valence electrons. The van der Waals surface area contributed by atoms with Crippen LogP contribution in [0.5, 0.6) is 0 Å². The Morgan fingerprint density at radius 1 is 0.756 bits per heavy atom. The molecule has 1 aliphatic rings. The number of piperidine rings is 1. The molecule has 1 aromatic carbocycles. The summed E-state index contributed by atoms with van der Waals surface area (Å²) >= 11 is 0. The third kappa shape index (κ3) is 15.6. The molecule has 1 unspecified atom stereocenters. The molecular weight excluding hydrogens is 562 g/mol. The Hall–Kier alpha value is -2.44. The van der Waals surface area contributed by atoms with Crippen LogP contribution < -0.4 is 0 Å². The van der Waals surface area contributed by atoms with Gasteiger partial charge < -0.3 is 9.47 Å². The number of unbranched alkanes of at least 4 members (excludes halogenated alkanes) is 12. The number of ether oxygens (including phenoxy) is 2. The van der Waals surface area contributed by atoms with Crippen molar-refractivity contribution in [3.8, 4) is 0 Å². The van der Waals surface area contributed by atoms with Crippen molar-refractivity contribution in [2.75, 3.05) is 6.61 Å². The van der Waals surface area contributed by atoms with Crippen molar-refractivity contribution >= 4 is 11.9 Å².